The van der Waals surface area contributed by atoms with Gasteiger partial charge in [-0.2, -0.15) is 0 Å². The van der Waals surface area contributed by atoms with E-state index in [1.165, 1.54) is 50.8 Å². The van der Waals surface area contributed by atoms with Gasteiger partial charge >= 0.3 is 0 Å². The fraction of sp³-hybridized carbons (Fsp3) is 0.833. The molecule has 1 unspecified atom stereocenters. The second-order valence-corrected chi connectivity index (χ2v) is 4.13. The molecule has 0 amide bonds. The zero-order valence-corrected chi connectivity index (χ0v) is 9.10. The molecular weight excluding hydrogens is 158 g/mol. The lowest BCUT2D eigenvalue weighted by molar-refractivity contribution is 0.504. The van der Waals surface area contributed by atoms with Crippen molar-refractivity contribution in [1.29, 1.82) is 0 Å². The standard InChI is InChI=1S/C12H23N/c1-3-4-5-8-11(2)12-9-6-7-10-13-12/h9,11,13H,3-8,10H2,1-2H3. The Morgan fingerprint density at radius 3 is 2.92 bits per heavy atom. The molecule has 0 aromatic heterocycles. The minimum Gasteiger partial charge on any atom is -0.388 e. The highest BCUT2D eigenvalue weighted by Gasteiger charge is 2.09. The first-order chi connectivity index (χ1) is 6.34. The molecule has 1 aliphatic rings. The SMILES string of the molecule is CCCCCC(C)C1=CCCCN1. The zero-order valence-electron chi connectivity index (χ0n) is 9.10. The van der Waals surface area contributed by atoms with Crippen LogP contribution in [0.15, 0.2) is 11.8 Å². The molecule has 0 radical (unpaired) electrons. The van der Waals surface area contributed by atoms with E-state index in [9.17, 15) is 0 Å². The Balaban J connectivity index is 2.21. The van der Waals surface area contributed by atoms with Crippen molar-refractivity contribution in [1.82, 2.24) is 5.32 Å². The molecule has 13 heavy (non-hydrogen) atoms. The van der Waals surface area contributed by atoms with E-state index in [4.69, 9.17) is 0 Å². The number of unbranched alkanes of at least 4 members (excludes halogenated alkanes) is 2. The fourth-order valence-electron chi connectivity index (χ4n) is 1.90. The van der Waals surface area contributed by atoms with Gasteiger partial charge in [0, 0.05) is 12.2 Å². The Bertz CT molecular complexity index is 161. The van der Waals surface area contributed by atoms with Crippen molar-refractivity contribution in [3.8, 4) is 0 Å². The van der Waals surface area contributed by atoms with Crippen molar-refractivity contribution in [2.75, 3.05) is 6.54 Å². The molecule has 0 aromatic rings. The summed E-state index contributed by atoms with van der Waals surface area (Å²) < 4.78 is 0. The quantitative estimate of drug-likeness (QED) is 0.640. The minimum absolute atomic E-state index is 0.756. The van der Waals surface area contributed by atoms with E-state index in [0.29, 0.717) is 0 Å². The molecular formula is C12H23N. The molecule has 0 saturated heterocycles. The summed E-state index contributed by atoms with van der Waals surface area (Å²) in [5, 5.41) is 3.51. The largest absolute Gasteiger partial charge is 0.388 e. The Labute approximate surface area is 82.6 Å². The van der Waals surface area contributed by atoms with Gasteiger partial charge in [0.2, 0.25) is 0 Å². The summed E-state index contributed by atoms with van der Waals surface area (Å²) in [6.45, 7) is 5.80. The first kappa shape index (κ1) is 10.6. The van der Waals surface area contributed by atoms with Crippen LogP contribution in [0.3, 0.4) is 0 Å². The smallest absolute Gasteiger partial charge is 0.0146 e. The van der Waals surface area contributed by atoms with Crippen LogP contribution in [0, 0.1) is 5.92 Å². The van der Waals surface area contributed by atoms with E-state index in [2.05, 4.69) is 25.2 Å². The number of rotatable bonds is 5. The number of hydrogen-bond acceptors (Lipinski definition) is 1. The highest BCUT2D eigenvalue weighted by molar-refractivity contribution is 5.06. The van der Waals surface area contributed by atoms with Gasteiger partial charge in [-0.3, -0.25) is 0 Å². The van der Waals surface area contributed by atoms with Gasteiger partial charge in [0.1, 0.15) is 0 Å². The molecule has 0 spiro atoms. The maximum atomic E-state index is 3.51. The second kappa shape index (κ2) is 6.06. The van der Waals surface area contributed by atoms with Crippen LogP contribution in [0.4, 0.5) is 0 Å². The van der Waals surface area contributed by atoms with Crippen molar-refractivity contribution in [3.63, 3.8) is 0 Å². The number of allylic oxidation sites excluding steroid dienone is 2. The van der Waals surface area contributed by atoms with Gasteiger partial charge in [-0.25, -0.2) is 0 Å². The molecule has 1 nitrogen and oxygen atoms in total. The van der Waals surface area contributed by atoms with Crippen LogP contribution in [0.5, 0.6) is 0 Å². The van der Waals surface area contributed by atoms with Gasteiger partial charge in [-0.05, 0) is 25.2 Å². The minimum atomic E-state index is 0.756. The third-order valence-electron chi connectivity index (χ3n) is 2.85. The van der Waals surface area contributed by atoms with Crippen molar-refractivity contribution in [3.05, 3.63) is 11.8 Å². The molecule has 1 atom stereocenters. The molecule has 1 rings (SSSR count). The van der Waals surface area contributed by atoms with Crippen LogP contribution >= 0.6 is 0 Å². The Kier molecular flexibility index (Phi) is 4.95. The van der Waals surface area contributed by atoms with Gasteiger partial charge in [0.25, 0.3) is 0 Å². The van der Waals surface area contributed by atoms with E-state index >= 15 is 0 Å². The van der Waals surface area contributed by atoms with E-state index in [1.807, 2.05) is 0 Å². The van der Waals surface area contributed by atoms with Crippen LogP contribution in [-0.2, 0) is 0 Å². The molecule has 0 fully saturated rings. The maximum Gasteiger partial charge on any atom is 0.0146 e. The number of hydrogen-bond donors (Lipinski definition) is 1. The number of nitrogens with one attached hydrogen (secondary N) is 1. The summed E-state index contributed by atoms with van der Waals surface area (Å²) in [5.41, 5.74) is 1.50. The molecule has 1 N–H and O–H groups in total. The normalized spacial score (nSPS) is 19.1. The van der Waals surface area contributed by atoms with Crippen LogP contribution in [-0.4, -0.2) is 6.54 Å². The van der Waals surface area contributed by atoms with Crippen molar-refractivity contribution >= 4 is 0 Å². The molecule has 1 heterocycles. The topological polar surface area (TPSA) is 12.0 Å². The summed E-state index contributed by atoms with van der Waals surface area (Å²) >= 11 is 0. The summed E-state index contributed by atoms with van der Waals surface area (Å²) in [4.78, 5) is 0. The predicted octanol–water partition coefficient (Wildman–Crippen LogP) is 3.47. The van der Waals surface area contributed by atoms with Gasteiger partial charge in [-0.1, -0.05) is 39.2 Å². The Hall–Kier alpha value is -0.460. The highest BCUT2D eigenvalue weighted by atomic mass is 14.9. The van der Waals surface area contributed by atoms with Gasteiger partial charge < -0.3 is 5.32 Å². The van der Waals surface area contributed by atoms with Gasteiger partial charge in [0.15, 0.2) is 0 Å². The van der Waals surface area contributed by atoms with Crippen molar-refractivity contribution < 1.29 is 0 Å². The third kappa shape index (κ3) is 3.84. The first-order valence-electron chi connectivity index (χ1n) is 5.78. The molecule has 1 aliphatic heterocycles. The van der Waals surface area contributed by atoms with Crippen LogP contribution in [0.1, 0.15) is 52.4 Å². The fourth-order valence-corrected chi connectivity index (χ4v) is 1.90. The third-order valence-corrected chi connectivity index (χ3v) is 2.85. The molecule has 1 heteroatoms. The summed E-state index contributed by atoms with van der Waals surface area (Å²) in [7, 11) is 0. The second-order valence-electron chi connectivity index (χ2n) is 4.13. The maximum absolute atomic E-state index is 3.51. The van der Waals surface area contributed by atoms with E-state index in [1.54, 1.807) is 0 Å². The zero-order chi connectivity index (χ0) is 9.52. The molecule has 0 bridgehead atoms. The van der Waals surface area contributed by atoms with Crippen LogP contribution in [0.2, 0.25) is 0 Å². The van der Waals surface area contributed by atoms with Crippen LogP contribution in [0.25, 0.3) is 0 Å². The molecule has 0 saturated carbocycles. The average Bonchev–Trinajstić information content (AvgIpc) is 2.19. The predicted molar refractivity (Wildman–Crippen MR) is 58.6 cm³/mol. The summed E-state index contributed by atoms with van der Waals surface area (Å²) in [6, 6.07) is 0. The van der Waals surface area contributed by atoms with E-state index in [0.717, 1.165) is 5.92 Å². The van der Waals surface area contributed by atoms with Crippen molar-refractivity contribution in [2.45, 2.75) is 52.4 Å². The lowest BCUT2D eigenvalue weighted by Crippen LogP contribution is -2.23. The molecule has 0 aliphatic carbocycles. The Morgan fingerprint density at radius 1 is 1.46 bits per heavy atom. The van der Waals surface area contributed by atoms with Gasteiger partial charge in [-0.15, -0.1) is 0 Å². The average molecular weight is 181 g/mol. The first-order valence-corrected chi connectivity index (χ1v) is 5.78. The van der Waals surface area contributed by atoms with Gasteiger partial charge in [0.05, 0.1) is 0 Å². The van der Waals surface area contributed by atoms with E-state index < -0.39 is 0 Å². The lowest BCUT2D eigenvalue weighted by atomic mass is 9.97. The lowest BCUT2D eigenvalue weighted by Gasteiger charge is -2.21. The Morgan fingerprint density at radius 2 is 2.31 bits per heavy atom. The monoisotopic (exact) mass is 181 g/mol. The van der Waals surface area contributed by atoms with E-state index in [-0.39, 0.29) is 0 Å². The summed E-state index contributed by atoms with van der Waals surface area (Å²) in [6.07, 6.45) is 10.4. The molecule has 76 valence electrons. The van der Waals surface area contributed by atoms with Crippen molar-refractivity contribution in [2.24, 2.45) is 5.92 Å². The van der Waals surface area contributed by atoms with Crippen LogP contribution < -0.4 is 5.32 Å². The highest BCUT2D eigenvalue weighted by Crippen LogP contribution is 2.19. The summed E-state index contributed by atoms with van der Waals surface area (Å²) in [5.74, 6) is 0.756. The molecule has 0 aromatic carbocycles.